The Kier molecular flexibility index (Phi) is 5.92. The fourth-order valence-electron chi connectivity index (χ4n) is 7.87. The number of nitrogens with zero attached hydrogens (tertiary/aromatic N) is 1. The van der Waals surface area contributed by atoms with Crippen LogP contribution in [0.3, 0.4) is 0 Å². The molecule has 0 amide bonds. The van der Waals surface area contributed by atoms with Gasteiger partial charge in [0, 0.05) is 43.1 Å². The summed E-state index contributed by atoms with van der Waals surface area (Å²) in [7, 11) is 4.15. The van der Waals surface area contributed by atoms with Crippen LogP contribution in [0.2, 0.25) is 0 Å². The molecule has 2 fully saturated rings. The number of carbonyl (C=O) groups is 1. The highest BCUT2D eigenvalue weighted by molar-refractivity contribution is 5.93. The van der Waals surface area contributed by atoms with E-state index in [4.69, 9.17) is 0 Å². The van der Waals surface area contributed by atoms with Crippen LogP contribution in [0.4, 0.5) is 5.69 Å². The number of anilines is 1. The molecule has 190 valence electrons. The number of aliphatic hydroxyl groups is 1. The third kappa shape index (κ3) is 3.98. The quantitative estimate of drug-likeness (QED) is 0.492. The number of fused-ring (bicyclic) bond motifs is 4. The van der Waals surface area contributed by atoms with E-state index in [1.54, 1.807) is 5.57 Å². The first kappa shape index (κ1) is 24.3. The molecule has 3 heteroatoms. The molecule has 0 heterocycles. The largest absolute Gasteiger partial charge is 0.378 e. The van der Waals surface area contributed by atoms with Crippen molar-refractivity contribution in [3.05, 3.63) is 88.5 Å². The molecule has 0 radical (unpaired) electrons. The van der Waals surface area contributed by atoms with Crippen molar-refractivity contribution in [2.75, 3.05) is 19.0 Å². The van der Waals surface area contributed by atoms with Gasteiger partial charge in [0.1, 0.15) is 5.60 Å². The first-order valence-corrected chi connectivity index (χ1v) is 13.8. The average Bonchev–Trinajstić information content (AvgIpc) is 3.17. The first-order chi connectivity index (χ1) is 17.8. The molecule has 4 aliphatic rings. The Bertz CT molecular complexity index is 1340. The number of carbonyl (C=O) groups excluding carboxylic acids is 1. The van der Waals surface area contributed by atoms with Gasteiger partial charge in [-0.3, -0.25) is 4.79 Å². The van der Waals surface area contributed by atoms with Gasteiger partial charge in [-0.25, -0.2) is 0 Å². The van der Waals surface area contributed by atoms with Crippen molar-refractivity contribution >= 4 is 11.5 Å². The molecule has 3 nitrogen and oxygen atoms in total. The van der Waals surface area contributed by atoms with Crippen molar-refractivity contribution in [3.63, 3.8) is 0 Å². The fourth-order valence-corrected chi connectivity index (χ4v) is 7.87. The van der Waals surface area contributed by atoms with Gasteiger partial charge in [0.2, 0.25) is 0 Å². The third-order valence-corrected chi connectivity index (χ3v) is 9.89. The minimum atomic E-state index is -1.01. The van der Waals surface area contributed by atoms with E-state index < -0.39 is 5.60 Å². The predicted octanol–water partition coefficient (Wildman–Crippen LogP) is 6.43. The van der Waals surface area contributed by atoms with E-state index in [1.165, 1.54) is 22.4 Å². The van der Waals surface area contributed by atoms with E-state index in [0.717, 1.165) is 44.1 Å². The molecular weight excluding hydrogens is 454 g/mol. The van der Waals surface area contributed by atoms with E-state index in [0.29, 0.717) is 18.3 Å². The molecule has 0 aliphatic heterocycles. The Labute approximate surface area is 221 Å². The number of ketones is 1. The minimum absolute atomic E-state index is 0.234. The zero-order chi connectivity index (χ0) is 25.8. The summed E-state index contributed by atoms with van der Waals surface area (Å²) in [6.45, 7) is 2.31. The van der Waals surface area contributed by atoms with E-state index in [-0.39, 0.29) is 17.1 Å². The van der Waals surface area contributed by atoms with Crippen LogP contribution < -0.4 is 4.90 Å². The Hall–Kier alpha value is -3.09. The molecule has 2 saturated carbocycles. The third-order valence-electron chi connectivity index (χ3n) is 9.89. The van der Waals surface area contributed by atoms with Crippen LogP contribution in [0, 0.1) is 29.1 Å². The lowest BCUT2D eigenvalue weighted by atomic mass is 9.51. The molecule has 37 heavy (non-hydrogen) atoms. The molecule has 0 spiro atoms. The van der Waals surface area contributed by atoms with Gasteiger partial charge in [-0.1, -0.05) is 54.7 Å². The zero-order valence-corrected chi connectivity index (χ0v) is 22.3. The molecule has 0 aromatic heterocycles. The van der Waals surface area contributed by atoms with E-state index in [1.807, 2.05) is 36.4 Å². The first-order valence-electron chi connectivity index (χ1n) is 13.8. The second-order valence-electron chi connectivity index (χ2n) is 12.0. The summed E-state index contributed by atoms with van der Waals surface area (Å²) in [5, 5.41) is 12.2. The maximum atomic E-state index is 12.3. The molecule has 2 aromatic carbocycles. The van der Waals surface area contributed by atoms with Crippen LogP contribution in [0.25, 0.3) is 0 Å². The fraction of sp³-hybridized carbons (Fsp3) is 0.441. The van der Waals surface area contributed by atoms with Crippen LogP contribution >= 0.6 is 0 Å². The van der Waals surface area contributed by atoms with Gasteiger partial charge in [-0.05, 0) is 97.4 Å². The van der Waals surface area contributed by atoms with Crippen molar-refractivity contribution in [2.45, 2.75) is 63.4 Å². The topological polar surface area (TPSA) is 40.5 Å². The van der Waals surface area contributed by atoms with Gasteiger partial charge < -0.3 is 10.0 Å². The van der Waals surface area contributed by atoms with Crippen molar-refractivity contribution in [1.82, 2.24) is 0 Å². The van der Waals surface area contributed by atoms with Crippen molar-refractivity contribution in [2.24, 2.45) is 17.3 Å². The highest BCUT2D eigenvalue weighted by Crippen LogP contribution is 2.66. The molecular formula is C34H37NO2. The molecule has 4 aliphatic carbocycles. The van der Waals surface area contributed by atoms with Gasteiger partial charge in [0.05, 0.1) is 0 Å². The van der Waals surface area contributed by atoms with Gasteiger partial charge in [0.25, 0.3) is 0 Å². The Morgan fingerprint density at radius 1 is 0.973 bits per heavy atom. The summed E-state index contributed by atoms with van der Waals surface area (Å²) in [5.41, 5.74) is 6.45. The second kappa shape index (κ2) is 9.03. The smallest absolute Gasteiger partial charge is 0.156 e. The van der Waals surface area contributed by atoms with Crippen LogP contribution in [-0.4, -0.2) is 30.6 Å². The van der Waals surface area contributed by atoms with Crippen molar-refractivity contribution in [1.29, 1.82) is 0 Å². The Morgan fingerprint density at radius 2 is 1.73 bits per heavy atom. The summed E-state index contributed by atoms with van der Waals surface area (Å²) >= 11 is 0. The summed E-state index contributed by atoms with van der Waals surface area (Å²) in [4.78, 5) is 14.4. The highest BCUT2D eigenvalue weighted by atomic mass is 16.3. The van der Waals surface area contributed by atoms with Crippen molar-refractivity contribution in [3.8, 4) is 11.8 Å². The number of benzene rings is 2. The maximum Gasteiger partial charge on any atom is 0.156 e. The summed E-state index contributed by atoms with van der Waals surface area (Å²) in [6.07, 6.45) is 8.06. The molecule has 0 bridgehead atoms. The van der Waals surface area contributed by atoms with Crippen LogP contribution in [-0.2, 0) is 4.79 Å². The number of hydrogen-bond donors (Lipinski definition) is 1. The number of rotatable bonds is 2. The molecule has 6 rings (SSSR count). The number of hydrogen-bond acceptors (Lipinski definition) is 3. The summed E-state index contributed by atoms with van der Waals surface area (Å²) in [5.74, 6) is 8.06. The molecule has 5 atom stereocenters. The predicted molar refractivity (Wildman–Crippen MR) is 149 cm³/mol. The standard InChI is InChI=1S/C34H37NO2/c1-33-22-30(24-9-12-26(13-10-24)35(2)3)32-28-16-14-27(36)21-25(28)11-15-29(32)31(33)18-20-34(33,37)19-17-23-7-5-4-6-8-23/h4-10,12-13,21,29-31,37H,11,14-16,18,20,22H2,1-3H3/t29?,30-,31?,33+,34+/m1/s1. The molecule has 2 unspecified atom stereocenters. The van der Waals surface area contributed by atoms with Crippen LogP contribution in [0.15, 0.2) is 77.4 Å². The highest BCUT2D eigenvalue weighted by Gasteiger charge is 2.62. The average molecular weight is 492 g/mol. The van der Waals surface area contributed by atoms with Gasteiger partial charge >= 0.3 is 0 Å². The normalized spacial score (nSPS) is 32.5. The monoisotopic (exact) mass is 491 g/mol. The lowest BCUT2D eigenvalue weighted by Gasteiger charge is -2.53. The van der Waals surface area contributed by atoms with Crippen molar-refractivity contribution < 1.29 is 9.90 Å². The Morgan fingerprint density at radius 3 is 2.46 bits per heavy atom. The van der Waals surface area contributed by atoms with Gasteiger partial charge in [-0.2, -0.15) is 0 Å². The summed E-state index contributed by atoms with van der Waals surface area (Å²) < 4.78 is 0. The zero-order valence-electron chi connectivity index (χ0n) is 22.3. The van der Waals surface area contributed by atoms with Gasteiger partial charge in [-0.15, -0.1) is 0 Å². The Balaban J connectivity index is 1.46. The second-order valence-corrected chi connectivity index (χ2v) is 12.0. The maximum absolute atomic E-state index is 12.3. The van der Waals surface area contributed by atoms with Gasteiger partial charge in [0.15, 0.2) is 5.78 Å². The van der Waals surface area contributed by atoms with E-state index >= 15 is 0 Å². The SMILES string of the molecule is CN(C)c1ccc([C@H]2C[C@@]3(C)C(CC[C@@]3(O)C#Cc3ccccc3)C3CCC4=CC(=O)CCC4=C32)cc1. The lowest BCUT2D eigenvalue weighted by Crippen LogP contribution is -2.51. The molecule has 0 saturated heterocycles. The van der Waals surface area contributed by atoms with E-state index in [9.17, 15) is 9.90 Å². The molecule has 2 aromatic rings. The minimum Gasteiger partial charge on any atom is -0.378 e. The molecule has 1 N–H and O–H groups in total. The van der Waals surface area contributed by atoms with E-state index in [2.05, 4.69) is 62.0 Å². The number of allylic oxidation sites excluding steroid dienone is 4. The van der Waals surface area contributed by atoms with Crippen LogP contribution in [0.1, 0.15) is 68.9 Å². The summed E-state index contributed by atoms with van der Waals surface area (Å²) in [6, 6.07) is 19.0. The lowest BCUT2D eigenvalue weighted by molar-refractivity contribution is -0.114. The van der Waals surface area contributed by atoms with Crippen LogP contribution in [0.5, 0.6) is 0 Å².